The predicted octanol–water partition coefficient (Wildman–Crippen LogP) is 1.92. The monoisotopic (exact) mass is 299 g/mol. The van der Waals surface area contributed by atoms with Crippen LogP contribution in [0.15, 0.2) is 10.5 Å². The number of fused-ring (bicyclic) bond motifs is 1. The Bertz CT molecular complexity index is 446. The van der Waals surface area contributed by atoms with Crippen molar-refractivity contribution in [3.05, 3.63) is 21.7 Å². The van der Waals surface area contributed by atoms with Crippen LogP contribution >= 0.6 is 15.9 Å². The third-order valence-electron chi connectivity index (χ3n) is 2.54. The van der Waals surface area contributed by atoms with E-state index in [0.717, 1.165) is 11.8 Å². The van der Waals surface area contributed by atoms with Crippen LogP contribution in [0.5, 0.6) is 11.5 Å². The van der Waals surface area contributed by atoms with Gasteiger partial charge < -0.3 is 15.2 Å². The van der Waals surface area contributed by atoms with Crippen molar-refractivity contribution in [2.75, 3.05) is 13.2 Å². The molecule has 0 saturated carbocycles. The van der Waals surface area contributed by atoms with E-state index in [1.54, 1.807) is 0 Å². The summed E-state index contributed by atoms with van der Waals surface area (Å²) in [6.07, 6.45) is 1.46. The first-order valence-electron chi connectivity index (χ1n) is 5.45. The Hall–Kier alpha value is -1.07. The van der Waals surface area contributed by atoms with E-state index < -0.39 is 0 Å². The van der Waals surface area contributed by atoms with E-state index in [4.69, 9.17) is 15.2 Å². The molecule has 1 atom stereocenters. The van der Waals surface area contributed by atoms with Crippen LogP contribution in [0.25, 0.3) is 0 Å². The third kappa shape index (κ3) is 2.45. The van der Waals surface area contributed by atoms with E-state index in [1.807, 2.05) is 13.0 Å². The molecule has 2 N–H and O–H groups in total. The number of benzene rings is 1. The summed E-state index contributed by atoms with van der Waals surface area (Å²) in [5.74, 6) is 1.18. The lowest BCUT2D eigenvalue weighted by atomic mass is 10.0. The van der Waals surface area contributed by atoms with E-state index in [2.05, 4.69) is 15.9 Å². The fraction of sp³-hybridized carbons (Fsp3) is 0.417. The molecule has 0 aromatic heterocycles. The maximum Gasteiger partial charge on any atom is 0.173 e. The highest BCUT2D eigenvalue weighted by Crippen LogP contribution is 2.40. The van der Waals surface area contributed by atoms with E-state index in [1.165, 1.54) is 0 Å². The summed E-state index contributed by atoms with van der Waals surface area (Å²) in [4.78, 5) is 11.0. The van der Waals surface area contributed by atoms with Gasteiger partial charge in [-0.2, -0.15) is 0 Å². The fourth-order valence-corrected chi connectivity index (χ4v) is 2.42. The van der Waals surface area contributed by atoms with E-state index in [9.17, 15) is 4.79 Å². The number of ether oxygens (including phenoxy) is 2. The van der Waals surface area contributed by atoms with Crippen LogP contribution in [0.1, 0.15) is 22.8 Å². The number of halogens is 1. The van der Waals surface area contributed by atoms with Gasteiger partial charge in [-0.3, -0.25) is 4.79 Å². The van der Waals surface area contributed by atoms with Crippen LogP contribution in [0, 0.1) is 0 Å². The molecule has 0 bridgehead atoms. The van der Waals surface area contributed by atoms with Crippen LogP contribution in [0.3, 0.4) is 0 Å². The van der Waals surface area contributed by atoms with Crippen molar-refractivity contribution in [3.63, 3.8) is 0 Å². The second-order valence-corrected chi connectivity index (χ2v) is 4.94. The first kappa shape index (κ1) is 12.4. The summed E-state index contributed by atoms with van der Waals surface area (Å²) in [6, 6.07) is 1.90. The lowest BCUT2D eigenvalue weighted by Crippen LogP contribution is -2.22. The van der Waals surface area contributed by atoms with Crippen molar-refractivity contribution >= 4 is 22.2 Å². The molecule has 1 unspecified atom stereocenters. The van der Waals surface area contributed by atoms with Gasteiger partial charge in [0.05, 0.1) is 5.56 Å². The molecule has 92 valence electrons. The molecular weight excluding hydrogens is 286 g/mol. The number of nitrogens with two attached hydrogens (primary N) is 1. The van der Waals surface area contributed by atoms with Crippen LogP contribution in [-0.4, -0.2) is 25.5 Å². The summed E-state index contributed by atoms with van der Waals surface area (Å²) in [7, 11) is 0. The van der Waals surface area contributed by atoms with Crippen LogP contribution in [-0.2, 0) is 6.42 Å². The zero-order valence-electron chi connectivity index (χ0n) is 9.53. The molecule has 0 spiro atoms. The molecule has 0 radical (unpaired) electrons. The Kier molecular flexibility index (Phi) is 3.69. The number of rotatable bonds is 3. The summed E-state index contributed by atoms with van der Waals surface area (Å²) in [5.41, 5.74) is 7.26. The molecule has 0 aliphatic carbocycles. The van der Waals surface area contributed by atoms with Gasteiger partial charge >= 0.3 is 0 Å². The SMILES string of the molecule is CC(N)Cc1cc(Br)c(C=O)c2c1OCCO2. The van der Waals surface area contributed by atoms with Crippen molar-refractivity contribution in [1.29, 1.82) is 0 Å². The Morgan fingerprint density at radius 2 is 2.12 bits per heavy atom. The Labute approximate surface area is 108 Å². The summed E-state index contributed by atoms with van der Waals surface area (Å²) >= 11 is 3.37. The van der Waals surface area contributed by atoms with Gasteiger partial charge in [-0.15, -0.1) is 0 Å². The molecule has 17 heavy (non-hydrogen) atoms. The first-order valence-corrected chi connectivity index (χ1v) is 6.24. The van der Waals surface area contributed by atoms with Crippen molar-refractivity contribution in [3.8, 4) is 11.5 Å². The van der Waals surface area contributed by atoms with Gasteiger partial charge in [-0.1, -0.05) is 0 Å². The van der Waals surface area contributed by atoms with E-state index >= 15 is 0 Å². The lowest BCUT2D eigenvalue weighted by molar-refractivity contribution is 0.111. The standard InChI is InChI=1S/C12H14BrNO3/c1-7(14)4-8-5-10(13)9(6-15)12-11(8)16-2-3-17-12/h5-7H,2-4,14H2,1H3. The first-order chi connectivity index (χ1) is 8.13. The highest BCUT2D eigenvalue weighted by molar-refractivity contribution is 9.10. The van der Waals surface area contributed by atoms with E-state index in [0.29, 0.717) is 41.2 Å². The Morgan fingerprint density at radius 3 is 2.71 bits per heavy atom. The number of hydrogen-bond donors (Lipinski definition) is 1. The minimum Gasteiger partial charge on any atom is -0.486 e. The molecule has 2 rings (SSSR count). The second-order valence-electron chi connectivity index (χ2n) is 4.09. The van der Waals surface area contributed by atoms with Gasteiger partial charge in [-0.05, 0) is 35.3 Å². The minimum absolute atomic E-state index is 0.0265. The maximum absolute atomic E-state index is 11.0. The summed E-state index contributed by atoms with van der Waals surface area (Å²) in [5, 5.41) is 0. The van der Waals surface area contributed by atoms with Crippen molar-refractivity contribution in [2.24, 2.45) is 5.73 Å². The van der Waals surface area contributed by atoms with E-state index in [-0.39, 0.29) is 6.04 Å². The highest BCUT2D eigenvalue weighted by Gasteiger charge is 2.22. The molecule has 0 amide bonds. The largest absolute Gasteiger partial charge is 0.486 e. The Morgan fingerprint density at radius 1 is 1.47 bits per heavy atom. The average molecular weight is 300 g/mol. The predicted molar refractivity (Wildman–Crippen MR) is 67.9 cm³/mol. The molecule has 0 fully saturated rings. The van der Waals surface area contributed by atoms with Gasteiger partial charge in [0.2, 0.25) is 0 Å². The van der Waals surface area contributed by atoms with Crippen LogP contribution in [0.2, 0.25) is 0 Å². The van der Waals surface area contributed by atoms with Crippen molar-refractivity contribution < 1.29 is 14.3 Å². The highest BCUT2D eigenvalue weighted by atomic mass is 79.9. The van der Waals surface area contributed by atoms with Gasteiger partial charge in [-0.25, -0.2) is 0 Å². The summed E-state index contributed by atoms with van der Waals surface area (Å²) in [6.45, 7) is 2.89. The molecule has 1 aromatic rings. The molecular formula is C12H14BrNO3. The molecule has 5 heteroatoms. The van der Waals surface area contributed by atoms with Crippen LogP contribution in [0.4, 0.5) is 0 Å². The number of carbonyl (C=O) groups excluding carboxylic acids is 1. The molecule has 0 saturated heterocycles. The van der Waals surface area contributed by atoms with Gasteiger partial charge in [0.25, 0.3) is 0 Å². The zero-order chi connectivity index (χ0) is 12.4. The fourth-order valence-electron chi connectivity index (χ4n) is 1.87. The quantitative estimate of drug-likeness (QED) is 0.866. The lowest BCUT2D eigenvalue weighted by Gasteiger charge is -2.23. The second kappa shape index (κ2) is 5.06. The molecule has 1 aromatic carbocycles. The average Bonchev–Trinajstić information content (AvgIpc) is 2.28. The topological polar surface area (TPSA) is 61.6 Å². The maximum atomic E-state index is 11.0. The molecule has 4 nitrogen and oxygen atoms in total. The summed E-state index contributed by atoms with van der Waals surface area (Å²) < 4.78 is 11.8. The smallest absolute Gasteiger partial charge is 0.173 e. The number of hydrogen-bond acceptors (Lipinski definition) is 4. The minimum atomic E-state index is 0.0265. The zero-order valence-corrected chi connectivity index (χ0v) is 11.1. The molecule has 1 heterocycles. The van der Waals surface area contributed by atoms with Gasteiger partial charge in [0.1, 0.15) is 13.2 Å². The van der Waals surface area contributed by atoms with Crippen molar-refractivity contribution in [2.45, 2.75) is 19.4 Å². The molecule has 1 aliphatic heterocycles. The normalized spacial score (nSPS) is 15.5. The third-order valence-corrected chi connectivity index (χ3v) is 3.19. The number of carbonyl (C=O) groups is 1. The van der Waals surface area contributed by atoms with Crippen LogP contribution < -0.4 is 15.2 Å². The van der Waals surface area contributed by atoms with Gasteiger partial charge in [0, 0.05) is 16.1 Å². The molecule has 1 aliphatic rings. The van der Waals surface area contributed by atoms with Gasteiger partial charge in [0.15, 0.2) is 17.8 Å². The Balaban J connectivity index is 2.54. The number of aldehydes is 1. The van der Waals surface area contributed by atoms with Crippen molar-refractivity contribution in [1.82, 2.24) is 0 Å².